The summed E-state index contributed by atoms with van der Waals surface area (Å²) >= 11 is 5.81. The number of halogens is 1. The maximum absolute atomic E-state index is 10.3. The first-order chi connectivity index (χ1) is 6.15. The van der Waals surface area contributed by atoms with E-state index >= 15 is 0 Å². The molecule has 0 N–H and O–H groups in total. The summed E-state index contributed by atoms with van der Waals surface area (Å²) in [6, 6.07) is 6.11. The Labute approximate surface area is 80.8 Å². The second-order valence-corrected chi connectivity index (χ2v) is 2.85. The van der Waals surface area contributed by atoms with Crippen molar-refractivity contribution in [2.75, 3.05) is 0 Å². The number of non-ortho nitro benzene ring substituents is 1. The quantitative estimate of drug-likeness (QED) is 0.540. The third-order valence-corrected chi connectivity index (χ3v) is 2.04. The van der Waals surface area contributed by atoms with Crippen LogP contribution < -0.4 is 0 Å². The third-order valence-electron chi connectivity index (χ3n) is 1.61. The van der Waals surface area contributed by atoms with E-state index in [0.29, 0.717) is 5.03 Å². The fourth-order valence-electron chi connectivity index (χ4n) is 0.909. The van der Waals surface area contributed by atoms with Gasteiger partial charge in [0.2, 0.25) is 0 Å². The number of allylic oxidation sites excluding steroid dienone is 1. The summed E-state index contributed by atoms with van der Waals surface area (Å²) in [5.41, 5.74) is 0.860. The zero-order chi connectivity index (χ0) is 9.84. The van der Waals surface area contributed by atoms with E-state index in [0.717, 1.165) is 5.56 Å². The Bertz CT molecular complexity index is 343. The van der Waals surface area contributed by atoms with Crippen molar-refractivity contribution in [3.8, 4) is 0 Å². The second-order valence-electron chi connectivity index (χ2n) is 2.44. The van der Waals surface area contributed by atoms with Crippen molar-refractivity contribution in [2.45, 2.75) is 6.92 Å². The van der Waals surface area contributed by atoms with E-state index in [9.17, 15) is 10.1 Å². The number of hydrogen-bond donors (Lipinski definition) is 0. The van der Waals surface area contributed by atoms with Crippen LogP contribution in [0.2, 0.25) is 0 Å². The average molecular weight is 198 g/mol. The van der Waals surface area contributed by atoms with Crippen LogP contribution in [0.5, 0.6) is 0 Å². The van der Waals surface area contributed by atoms with Crippen molar-refractivity contribution in [2.24, 2.45) is 0 Å². The molecule has 0 aliphatic rings. The molecular weight excluding hydrogens is 190 g/mol. The Balaban J connectivity index is 3.00. The summed E-state index contributed by atoms with van der Waals surface area (Å²) in [6.45, 7) is 1.81. The zero-order valence-electron chi connectivity index (χ0n) is 7.03. The topological polar surface area (TPSA) is 43.1 Å². The van der Waals surface area contributed by atoms with Crippen molar-refractivity contribution >= 4 is 22.3 Å². The Hall–Kier alpha value is -1.35. The van der Waals surface area contributed by atoms with Crippen molar-refractivity contribution in [1.29, 1.82) is 0 Å². The smallest absolute Gasteiger partial charge is 0.258 e. The lowest BCUT2D eigenvalue weighted by Crippen LogP contribution is -1.87. The van der Waals surface area contributed by atoms with E-state index < -0.39 is 4.92 Å². The molecule has 0 spiro atoms. The van der Waals surface area contributed by atoms with Gasteiger partial charge in [0.05, 0.1) is 4.92 Å². The Morgan fingerprint density at radius 1 is 1.46 bits per heavy atom. The molecule has 13 heavy (non-hydrogen) atoms. The molecule has 0 aliphatic carbocycles. The van der Waals surface area contributed by atoms with Gasteiger partial charge in [0.25, 0.3) is 5.69 Å². The van der Waals surface area contributed by atoms with Crippen LogP contribution in [-0.2, 0) is 0 Å². The predicted molar refractivity (Wildman–Crippen MR) is 52.6 cm³/mol. The lowest BCUT2D eigenvalue weighted by atomic mass is 10.2. The Kier molecular flexibility index (Phi) is 3.03. The molecule has 3 nitrogen and oxygen atoms in total. The molecule has 1 aromatic carbocycles. The minimum atomic E-state index is -0.437. The summed E-state index contributed by atoms with van der Waals surface area (Å²) in [7, 11) is 0. The summed E-state index contributed by atoms with van der Waals surface area (Å²) in [6.07, 6.45) is 1.74. The lowest BCUT2D eigenvalue weighted by molar-refractivity contribution is -0.384. The summed E-state index contributed by atoms with van der Waals surface area (Å²) < 4.78 is 0. The minimum Gasteiger partial charge on any atom is -0.258 e. The minimum absolute atomic E-state index is 0.0734. The Morgan fingerprint density at radius 3 is 2.38 bits per heavy atom. The van der Waals surface area contributed by atoms with Crippen molar-refractivity contribution < 1.29 is 4.92 Å². The first kappa shape index (κ1) is 9.74. The molecule has 4 heteroatoms. The van der Waals surface area contributed by atoms with Crippen LogP contribution >= 0.6 is 11.6 Å². The number of nitro groups is 1. The van der Waals surface area contributed by atoms with Gasteiger partial charge in [0.1, 0.15) is 0 Å². The highest BCUT2D eigenvalue weighted by atomic mass is 35.5. The molecule has 0 saturated heterocycles. The molecule has 0 heterocycles. The molecule has 1 aromatic rings. The molecule has 0 bridgehead atoms. The molecule has 0 aromatic heterocycles. The number of hydrogen-bond acceptors (Lipinski definition) is 2. The monoisotopic (exact) mass is 197 g/mol. The van der Waals surface area contributed by atoms with Gasteiger partial charge in [0.15, 0.2) is 0 Å². The number of rotatable bonds is 2. The predicted octanol–water partition coefficient (Wildman–Crippen LogP) is 3.19. The fourth-order valence-corrected chi connectivity index (χ4v) is 1.04. The van der Waals surface area contributed by atoms with Crippen LogP contribution in [0, 0.1) is 10.1 Å². The first-order valence-corrected chi connectivity index (χ1v) is 4.09. The fraction of sp³-hybridized carbons (Fsp3) is 0.111. The highest BCUT2D eigenvalue weighted by Gasteiger charge is 2.04. The largest absolute Gasteiger partial charge is 0.269 e. The van der Waals surface area contributed by atoms with Gasteiger partial charge in [-0.25, -0.2) is 0 Å². The first-order valence-electron chi connectivity index (χ1n) is 3.72. The highest BCUT2D eigenvalue weighted by Crippen LogP contribution is 2.21. The molecule has 0 saturated carbocycles. The third kappa shape index (κ3) is 2.29. The van der Waals surface area contributed by atoms with Crippen LogP contribution in [0.4, 0.5) is 5.69 Å². The summed E-state index contributed by atoms with van der Waals surface area (Å²) in [4.78, 5) is 9.87. The summed E-state index contributed by atoms with van der Waals surface area (Å²) in [5, 5.41) is 10.9. The van der Waals surface area contributed by atoms with Crippen LogP contribution in [0.1, 0.15) is 12.5 Å². The van der Waals surface area contributed by atoms with Crippen molar-refractivity contribution in [3.63, 3.8) is 0 Å². The summed E-state index contributed by atoms with van der Waals surface area (Å²) in [5.74, 6) is 0. The van der Waals surface area contributed by atoms with E-state index in [4.69, 9.17) is 11.6 Å². The maximum atomic E-state index is 10.3. The normalized spacial score (nSPS) is 11.4. The molecule has 0 atom stereocenters. The van der Waals surface area contributed by atoms with Gasteiger partial charge in [-0.3, -0.25) is 10.1 Å². The molecule has 0 unspecified atom stereocenters. The van der Waals surface area contributed by atoms with E-state index in [2.05, 4.69) is 0 Å². The van der Waals surface area contributed by atoms with Gasteiger partial charge in [0, 0.05) is 17.2 Å². The molecule has 68 valence electrons. The molecule has 1 rings (SSSR count). The van der Waals surface area contributed by atoms with Crippen molar-refractivity contribution in [3.05, 3.63) is 46.0 Å². The number of nitro benzene ring substituents is 1. The van der Waals surface area contributed by atoms with Crippen LogP contribution in [-0.4, -0.2) is 4.92 Å². The van der Waals surface area contributed by atoms with Crippen LogP contribution in [0.25, 0.3) is 5.03 Å². The van der Waals surface area contributed by atoms with Crippen LogP contribution in [0.3, 0.4) is 0 Å². The highest BCUT2D eigenvalue weighted by molar-refractivity contribution is 6.48. The van der Waals surface area contributed by atoms with Gasteiger partial charge in [-0.05, 0) is 24.6 Å². The Morgan fingerprint density at radius 2 is 2.00 bits per heavy atom. The van der Waals surface area contributed by atoms with Gasteiger partial charge in [-0.2, -0.15) is 0 Å². The lowest BCUT2D eigenvalue weighted by Gasteiger charge is -1.96. The van der Waals surface area contributed by atoms with Gasteiger partial charge >= 0.3 is 0 Å². The van der Waals surface area contributed by atoms with Gasteiger partial charge in [-0.1, -0.05) is 17.7 Å². The van der Waals surface area contributed by atoms with Gasteiger partial charge < -0.3 is 0 Å². The van der Waals surface area contributed by atoms with E-state index in [1.807, 2.05) is 6.92 Å². The maximum Gasteiger partial charge on any atom is 0.269 e. The zero-order valence-corrected chi connectivity index (χ0v) is 7.78. The van der Waals surface area contributed by atoms with E-state index in [-0.39, 0.29) is 5.69 Å². The molecule has 0 amide bonds. The van der Waals surface area contributed by atoms with Crippen LogP contribution in [0.15, 0.2) is 30.3 Å². The molecule has 0 radical (unpaired) electrons. The molecule has 0 fully saturated rings. The standard InChI is InChI=1S/C9H8ClNO2/c1-2-9(10)7-3-5-8(6-4-7)11(12)13/h2-6H,1H3/b9-2-. The SMILES string of the molecule is C/C=C(\Cl)c1ccc([N+](=O)[O-])cc1. The average Bonchev–Trinajstić information content (AvgIpc) is 2.17. The number of benzene rings is 1. The molecular formula is C9H8ClNO2. The number of nitrogens with zero attached hydrogens (tertiary/aromatic N) is 1. The van der Waals surface area contributed by atoms with Gasteiger partial charge in [-0.15, -0.1) is 0 Å². The van der Waals surface area contributed by atoms with E-state index in [1.54, 1.807) is 18.2 Å². The molecule has 0 aliphatic heterocycles. The van der Waals surface area contributed by atoms with E-state index in [1.165, 1.54) is 12.1 Å². The van der Waals surface area contributed by atoms with Crippen molar-refractivity contribution in [1.82, 2.24) is 0 Å². The second kappa shape index (κ2) is 4.05.